The summed E-state index contributed by atoms with van der Waals surface area (Å²) < 4.78 is 32.2. The molecule has 0 spiro atoms. The maximum absolute atomic E-state index is 12.4. The minimum atomic E-state index is -3.95. The molecule has 1 aromatic carbocycles. The normalized spacial score (nSPS) is 11.0. The van der Waals surface area contributed by atoms with E-state index in [0.29, 0.717) is 4.60 Å². The fourth-order valence-corrected chi connectivity index (χ4v) is 3.18. The number of aromatic nitrogens is 1. The molecule has 2 rings (SSSR count). The summed E-state index contributed by atoms with van der Waals surface area (Å²) in [6.07, 6.45) is 0. The number of hydrogen-bond acceptors (Lipinski definition) is 5. The zero-order valence-electron chi connectivity index (χ0n) is 10.9. The Morgan fingerprint density at radius 1 is 1.19 bits per heavy atom. The number of methoxy groups -OCH3 is 1. The van der Waals surface area contributed by atoms with Crippen LogP contribution < -0.4 is 4.72 Å². The molecule has 0 aliphatic heterocycles. The minimum absolute atomic E-state index is 0.0394. The number of nitrogens with zero attached hydrogens (tertiary/aromatic N) is 1. The van der Waals surface area contributed by atoms with E-state index in [2.05, 4.69) is 30.4 Å². The van der Waals surface area contributed by atoms with E-state index < -0.39 is 16.0 Å². The average Bonchev–Trinajstić information content (AvgIpc) is 2.46. The maximum atomic E-state index is 12.4. The van der Waals surface area contributed by atoms with Crippen LogP contribution in [0.1, 0.15) is 10.4 Å². The topological polar surface area (TPSA) is 85.4 Å². The summed E-state index contributed by atoms with van der Waals surface area (Å²) in [5, 5.41) is 0. The summed E-state index contributed by atoms with van der Waals surface area (Å²) in [6.45, 7) is 0. The lowest BCUT2D eigenvalue weighted by atomic mass is 10.2. The SMILES string of the molecule is COC(=O)c1ccccc1S(=O)(=O)Nc1cccc(Br)n1. The number of anilines is 1. The Kier molecular flexibility index (Phi) is 4.59. The number of benzene rings is 1. The number of carbonyl (C=O) groups excluding carboxylic acids is 1. The molecule has 1 heterocycles. The third-order valence-corrected chi connectivity index (χ3v) is 4.39. The van der Waals surface area contributed by atoms with Crippen molar-refractivity contribution in [2.24, 2.45) is 0 Å². The Morgan fingerprint density at radius 3 is 2.57 bits per heavy atom. The first kappa shape index (κ1) is 15.5. The van der Waals surface area contributed by atoms with Crippen molar-refractivity contribution in [1.29, 1.82) is 0 Å². The molecule has 0 amide bonds. The van der Waals surface area contributed by atoms with Gasteiger partial charge in [0.15, 0.2) is 0 Å². The fraction of sp³-hybridized carbons (Fsp3) is 0.0769. The van der Waals surface area contributed by atoms with Gasteiger partial charge < -0.3 is 4.74 Å². The molecule has 0 radical (unpaired) electrons. The molecule has 2 aromatic rings. The van der Waals surface area contributed by atoms with Gasteiger partial charge >= 0.3 is 5.97 Å². The van der Waals surface area contributed by atoms with Gasteiger partial charge in [-0.25, -0.2) is 18.2 Å². The Morgan fingerprint density at radius 2 is 1.90 bits per heavy atom. The number of halogens is 1. The third kappa shape index (κ3) is 3.59. The Bertz CT molecular complexity index is 777. The maximum Gasteiger partial charge on any atom is 0.339 e. The van der Waals surface area contributed by atoms with Crippen molar-refractivity contribution in [2.45, 2.75) is 4.90 Å². The van der Waals surface area contributed by atoms with Crippen LogP contribution in [0.3, 0.4) is 0 Å². The number of sulfonamides is 1. The molecule has 8 heteroatoms. The lowest BCUT2D eigenvalue weighted by Crippen LogP contribution is -2.18. The predicted octanol–water partition coefficient (Wildman–Crippen LogP) is 2.43. The lowest BCUT2D eigenvalue weighted by Gasteiger charge is -2.10. The molecule has 0 fully saturated rings. The van der Waals surface area contributed by atoms with E-state index >= 15 is 0 Å². The Hall–Kier alpha value is -1.93. The van der Waals surface area contributed by atoms with Crippen molar-refractivity contribution in [3.63, 3.8) is 0 Å². The van der Waals surface area contributed by atoms with E-state index in [1.54, 1.807) is 18.2 Å². The lowest BCUT2D eigenvalue weighted by molar-refractivity contribution is 0.0596. The summed E-state index contributed by atoms with van der Waals surface area (Å²) >= 11 is 3.15. The molecular weight excluding hydrogens is 360 g/mol. The molecule has 0 unspecified atom stereocenters. The van der Waals surface area contributed by atoms with Crippen LogP contribution in [-0.2, 0) is 14.8 Å². The standard InChI is InChI=1S/C13H11BrN2O4S/c1-20-13(17)9-5-2-3-6-10(9)21(18,19)16-12-8-4-7-11(14)15-12/h2-8H,1H3,(H,15,16). The quantitative estimate of drug-likeness (QED) is 0.659. The van der Waals surface area contributed by atoms with Crippen LogP contribution in [0.4, 0.5) is 5.82 Å². The molecule has 0 saturated heterocycles. The second-order valence-corrected chi connectivity index (χ2v) is 6.40. The Balaban J connectivity index is 2.43. The zero-order chi connectivity index (χ0) is 15.5. The monoisotopic (exact) mass is 370 g/mol. The summed E-state index contributed by atoms with van der Waals surface area (Å²) in [4.78, 5) is 15.5. The zero-order valence-corrected chi connectivity index (χ0v) is 13.3. The first-order valence-corrected chi connectivity index (χ1v) is 8.04. The van der Waals surface area contributed by atoms with Gasteiger partial charge in [0.25, 0.3) is 10.0 Å². The summed E-state index contributed by atoms with van der Waals surface area (Å²) in [7, 11) is -2.76. The van der Waals surface area contributed by atoms with Crippen molar-refractivity contribution in [1.82, 2.24) is 4.98 Å². The molecule has 6 nitrogen and oxygen atoms in total. The predicted molar refractivity (Wildman–Crippen MR) is 80.5 cm³/mol. The van der Waals surface area contributed by atoms with Gasteiger partial charge in [0.2, 0.25) is 0 Å². The summed E-state index contributed by atoms with van der Waals surface area (Å²) in [5.74, 6) is -0.581. The van der Waals surface area contributed by atoms with Crippen LogP contribution in [0, 0.1) is 0 Å². The van der Waals surface area contributed by atoms with Crippen molar-refractivity contribution < 1.29 is 17.9 Å². The number of pyridine rings is 1. The van der Waals surface area contributed by atoms with Gasteiger partial charge in [0.1, 0.15) is 15.3 Å². The van der Waals surface area contributed by atoms with Crippen molar-refractivity contribution in [2.75, 3.05) is 11.8 Å². The molecular formula is C13H11BrN2O4S. The van der Waals surface area contributed by atoms with E-state index in [4.69, 9.17) is 0 Å². The van der Waals surface area contributed by atoms with E-state index in [9.17, 15) is 13.2 Å². The Labute approximate surface area is 130 Å². The average molecular weight is 371 g/mol. The molecule has 0 aliphatic carbocycles. The number of nitrogens with one attached hydrogen (secondary N) is 1. The highest BCUT2D eigenvalue weighted by Crippen LogP contribution is 2.20. The van der Waals surface area contributed by atoms with Crippen LogP contribution in [0.15, 0.2) is 52.0 Å². The molecule has 0 atom stereocenters. The molecule has 21 heavy (non-hydrogen) atoms. The van der Waals surface area contributed by atoms with Crippen LogP contribution in [0.2, 0.25) is 0 Å². The first-order valence-electron chi connectivity index (χ1n) is 5.77. The van der Waals surface area contributed by atoms with Gasteiger partial charge in [0.05, 0.1) is 12.7 Å². The van der Waals surface area contributed by atoms with Crippen molar-refractivity contribution in [3.8, 4) is 0 Å². The second-order valence-electron chi connectivity index (χ2n) is 3.94. The van der Waals surface area contributed by atoms with Crippen LogP contribution >= 0.6 is 15.9 Å². The minimum Gasteiger partial charge on any atom is -0.465 e. The smallest absolute Gasteiger partial charge is 0.339 e. The van der Waals surface area contributed by atoms with Crippen LogP contribution in [-0.4, -0.2) is 26.5 Å². The molecule has 0 saturated carbocycles. The second kappa shape index (κ2) is 6.23. The number of hydrogen-bond donors (Lipinski definition) is 1. The van der Waals surface area contributed by atoms with E-state index in [1.165, 1.54) is 31.4 Å². The number of ether oxygens (including phenoxy) is 1. The van der Waals surface area contributed by atoms with Gasteiger partial charge in [-0.1, -0.05) is 18.2 Å². The molecule has 0 aliphatic rings. The molecule has 1 N–H and O–H groups in total. The largest absolute Gasteiger partial charge is 0.465 e. The summed E-state index contributed by atoms with van der Waals surface area (Å²) in [5.41, 5.74) is -0.0394. The van der Waals surface area contributed by atoms with Crippen molar-refractivity contribution in [3.05, 3.63) is 52.6 Å². The highest BCUT2D eigenvalue weighted by molar-refractivity contribution is 9.10. The van der Waals surface area contributed by atoms with E-state index in [1.807, 2.05) is 0 Å². The molecule has 1 aromatic heterocycles. The fourth-order valence-electron chi connectivity index (χ4n) is 1.64. The van der Waals surface area contributed by atoms with E-state index in [-0.39, 0.29) is 16.3 Å². The number of carbonyl (C=O) groups is 1. The van der Waals surface area contributed by atoms with Crippen LogP contribution in [0.5, 0.6) is 0 Å². The first-order chi connectivity index (χ1) is 9.94. The molecule has 0 bridgehead atoms. The number of esters is 1. The highest BCUT2D eigenvalue weighted by Gasteiger charge is 2.23. The van der Waals surface area contributed by atoms with Crippen molar-refractivity contribution >= 4 is 37.7 Å². The number of rotatable bonds is 4. The van der Waals surface area contributed by atoms with Gasteiger partial charge in [-0.05, 0) is 40.2 Å². The van der Waals surface area contributed by atoms with E-state index in [0.717, 1.165) is 0 Å². The van der Waals surface area contributed by atoms with Gasteiger partial charge in [-0.15, -0.1) is 0 Å². The van der Waals surface area contributed by atoms with Gasteiger partial charge in [-0.2, -0.15) is 0 Å². The van der Waals surface area contributed by atoms with Crippen LogP contribution in [0.25, 0.3) is 0 Å². The molecule has 110 valence electrons. The van der Waals surface area contributed by atoms with Gasteiger partial charge in [-0.3, -0.25) is 4.72 Å². The highest BCUT2D eigenvalue weighted by atomic mass is 79.9. The third-order valence-electron chi connectivity index (χ3n) is 2.54. The van der Waals surface area contributed by atoms with Gasteiger partial charge in [0, 0.05) is 0 Å². The summed E-state index contributed by atoms with van der Waals surface area (Å²) in [6, 6.07) is 10.6.